The van der Waals surface area contributed by atoms with Crippen LogP contribution < -0.4 is 16.4 Å². The van der Waals surface area contributed by atoms with Crippen molar-refractivity contribution < 1.29 is 9.59 Å². The zero-order valence-corrected chi connectivity index (χ0v) is 10.00. The molecule has 94 valence electrons. The van der Waals surface area contributed by atoms with E-state index in [1.165, 1.54) is 0 Å². The first-order valence-electron chi connectivity index (χ1n) is 5.05. The molecule has 0 fully saturated rings. The minimum atomic E-state index is -0.698. The van der Waals surface area contributed by atoms with Crippen LogP contribution in [0.2, 0.25) is 0 Å². The number of rotatable bonds is 4. The fraction of sp³-hybridized carbons (Fsp3) is 0.556. The SMILES string of the molecule is CNC(=O)C(C)(C)CNC(=O)c1nc(N)n[nH]1. The molecule has 0 saturated heterocycles. The molecule has 0 aliphatic rings. The van der Waals surface area contributed by atoms with Gasteiger partial charge in [-0.15, -0.1) is 5.10 Å². The van der Waals surface area contributed by atoms with Gasteiger partial charge in [0.2, 0.25) is 17.7 Å². The Hall–Kier alpha value is -2.12. The van der Waals surface area contributed by atoms with Gasteiger partial charge in [-0.1, -0.05) is 0 Å². The third-order valence-corrected chi connectivity index (χ3v) is 2.25. The topological polar surface area (TPSA) is 126 Å². The van der Waals surface area contributed by atoms with Crippen LogP contribution in [0, 0.1) is 5.41 Å². The van der Waals surface area contributed by atoms with Crippen LogP contribution in [0.15, 0.2) is 0 Å². The van der Waals surface area contributed by atoms with Crippen molar-refractivity contribution in [3.8, 4) is 0 Å². The molecule has 1 aromatic rings. The molecule has 8 heteroatoms. The third-order valence-electron chi connectivity index (χ3n) is 2.25. The third kappa shape index (κ3) is 3.16. The monoisotopic (exact) mass is 240 g/mol. The van der Waals surface area contributed by atoms with Crippen molar-refractivity contribution in [2.24, 2.45) is 5.41 Å². The van der Waals surface area contributed by atoms with Crippen LogP contribution in [0.4, 0.5) is 5.95 Å². The molecule has 0 aliphatic carbocycles. The molecule has 0 spiro atoms. The maximum Gasteiger partial charge on any atom is 0.288 e. The van der Waals surface area contributed by atoms with E-state index in [0.717, 1.165) is 0 Å². The molecule has 1 rings (SSSR count). The highest BCUT2D eigenvalue weighted by Gasteiger charge is 2.27. The first kappa shape index (κ1) is 12.9. The van der Waals surface area contributed by atoms with Crippen LogP contribution >= 0.6 is 0 Å². The van der Waals surface area contributed by atoms with Crippen molar-refractivity contribution in [2.75, 3.05) is 19.3 Å². The minimum absolute atomic E-state index is 0.000659. The lowest BCUT2D eigenvalue weighted by molar-refractivity contribution is -0.128. The second-order valence-electron chi connectivity index (χ2n) is 4.19. The number of nitrogen functional groups attached to an aromatic ring is 1. The number of aromatic amines is 1. The van der Waals surface area contributed by atoms with E-state index in [0.29, 0.717) is 0 Å². The van der Waals surface area contributed by atoms with Gasteiger partial charge in [0.05, 0.1) is 5.41 Å². The zero-order chi connectivity index (χ0) is 13.1. The molecule has 0 aromatic carbocycles. The van der Waals surface area contributed by atoms with Crippen LogP contribution in [-0.2, 0) is 4.79 Å². The van der Waals surface area contributed by atoms with Gasteiger partial charge in [-0.3, -0.25) is 14.7 Å². The van der Waals surface area contributed by atoms with Crippen LogP contribution in [-0.4, -0.2) is 40.6 Å². The molecule has 8 nitrogen and oxygen atoms in total. The van der Waals surface area contributed by atoms with Gasteiger partial charge in [-0.25, -0.2) is 0 Å². The van der Waals surface area contributed by atoms with E-state index in [1.54, 1.807) is 20.9 Å². The standard InChI is InChI=1S/C9H16N6O2/c1-9(2,7(17)11-3)4-12-6(16)5-13-8(10)15-14-5/h4H2,1-3H3,(H,11,17)(H,12,16)(H3,10,13,14,15). The van der Waals surface area contributed by atoms with Gasteiger partial charge in [-0.2, -0.15) is 4.98 Å². The Morgan fingerprint density at radius 3 is 2.59 bits per heavy atom. The summed E-state index contributed by atoms with van der Waals surface area (Å²) < 4.78 is 0. The average Bonchev–Trinajstić information content (AvgIpc) is 2.71. The van der Waals surface area contributed by atoms with Crippen molar-refractivity contribution in [1.82, 2.24) is 25.8 Å². The Balaban J connectivity index is 2.57. The summed E-state index contributed by atoms with van der Waals surface area (Å²) in [6.07, 6.45) is 0. The average molecular weight is 240 g/mol. The Labute approximate surface area is 98.4 Å². The molecule has 5 N–H and O–H groups in total. The maximum atomic E-state index is 11.6. The van der Waals surface area contributed by atoms with Gasteiger partial charge >= 0.3 is 0 Å². The molecule has 0 radical (unpaired) electrons. The first-order valence-corrected chi connectivity index (χ1v) is 5.05. The van der Waals surface area contributed by atoms with Crippen LogP contribution in [0.25, 0.3) is 0 Å². The molecule has 0 atom stereocenters. The summed E-state index contributed by atoms with van der Waals surface area (Å²) >= 11 is 0. The predicted octanol–water partition coefficient (Wildman–Crippen LogP) is -1.11. The van der Waals surface area contributed by atoms with E-state index in [1.807, 2.05) is 0 Å². The zero-order valence-electron chi connectivity index (χ0n) is 10.00. The molecule has 1 aromatic heterocycles. The number of carbonyl (C=O) groups is 2. The van der Waals surface area contributed by atoms with Crippen molar-refractivity contribution in [2.45, 2.75) is 13.8 Å². The molecular weight excluding hydrogens is 224 g/mol. The van der Waals surface area contributed by atoms with Gasteiger partial charge in [0.15, 0.2) is 0 Å². The fourth-order valence-electron chi connectivity index (χ4n) is 1.18. The number of amides is 2. The van der Waals surface area contributed by atoms with Gasteiger partial charge < -0.3 is 16.4 Å². The predicted molar refractivity (Wildman–Crippen MR) is 61.0 cm³/mol. The first-order chi connectivity index (χ1) is 7.86. The Kier molecular flexibility index (Phi) is 3.66. The lowest BCUT2D eigenvalue weighted by atomic mass is 9.92. The van der Waals surface area contributed by atoms with Gasteiger partial charge in [0.1, 0.15) is 0 Å². The number of carbonyl (C=O) groups excluding carboxylic acids is 2. The second kappa shape index (κ2) is 4.81. The second-order valence-corrected chi connectivity index (χ2v) is 4.19. The van der Waals surface area contributed by atoms with E-state index in [4.69, 9.17) is 5.73 Å². The normalized spacial score (nSPS) is 11.0. The van der Waals surface area contributed by atoms with Gasteiger partial charge in [0, 0.05) is 13.6 Å². The largest absolute Gasteiger partial charge is 0.366 e. The molecule has 2 amide bonds. The maximum absolute atomic E-state index is 11.6. The van der Waals surface area contributed by atoms with Crippen molar-refractivity contribution in [3.63, 3.8) is 0 Å². The lowest BCUT2D eigenvalue weighted by Crippen LogP contribution is -2.43. The minimum Gasteiger partial charge on any atom is -0.366 e. The van der Waals surface area contributed by atoms with E-state index in [9.17, 15) is 9.59 Å². The summed E-state index contributed by atoms with van der Waals surface area (Å²) in [7, 11) is 1.54. The number of nitrogens with two attached hydrogens (primary N) is 1. The highest BCUT2D eigenvalue weighted by atomic mass is 16.2. The summed E-state index contributed by atoms with van der Waals surface area (Å²) in [4.78, 5) is 26.7. The summed E-state index contributed by atoms with van der Waals surface area (Å²) in [6.45, 7) is 3.63. The Morgan fingerprint density at radius 2 is 2.12 bits per heavy atom. The highest BCUT2D eigenvalue weighted by Crippen LogP contribution is 2.13. The number of hydrogen-bond donors (Lipinski definition) is 4. The summed E-state index contributed by atoms with van der Waals surface area (Å²) in [5.74, 6) is -0.586. The van der Waals surface area contributed by atoms with E-state index in [-0.39, 0.29) is 24.2 Å². The fourth-order valence-corrected chi connectivity index (χ4v) is 1.18. The summed E-state index contributed by atoms with van der Waals surface area (Å²) in [5, 5.41) is 11.0. The van der Waals surface area contributed by atoms with Crippen LogP contribution in [0.3, 0.4) is 0 Å². The van der Waals surface area contributed by atoms with Crippen molar-refractivity contribution in [1.29, 1.82) is 0 Å². The molecule has 0 aliphatic heterocycles. The Morgan fingerprint density at radius 1 is 1.47 bits per heavy atom. The van der Waals surface area contributed by atoms with E-state index >= 15 is 0 Å². The number of anilines is 1. The number of hydrogen-bond acceptors (Lipinski definition) is 5. The number of H-pyrrole nitrogens is 1. The highest BCUT2D eigenvalue weighted by molar-refractivity contribution is 5.91. The molecule has 0 unspecified atom stereocenters. The molecular formula is C9H16N6O2. The molecule has 17 heavy (non-hydrogen) atoms. The number of nitrogens with zero attached hydrogens (tertiary/aromatic N) is 2. The lowest BCUT2D eigenvalue weighted by Gasteiger charge is -2.22. The molecule has 1 heterocycles. The quantitative estimate of drug-likeness (QED) is 0.531. The van der Waals surface area contributed by atoms with Crippen LogP contribution in [0.5, 0.6) is 0 Å². The van der Waals surface area contributed by atoms with E-state index < -0.39 is 11.3 Å². The summed E-state index contributed by atoms with van der Waals surface area (Å²) in [6, 6.07) is 0. The van der Waals surface area contributed by atoms with Gasteiger partial charge in [-0.05, 0) is 13.8 Å². The van der Waals surface area contributed by atoms with Crippen molar-refractivity contribution in [3.05, 3.63) is 5.82 Å². The van der Waals surface area contributed by atoms with Crippen molar-refractivity contribution >= 4 is 17.8 Å². The molecule has 0 bridgehead atoms. The van der Waals surface area contributed by atoms with E-state index in [2.05, 4.69) is 25.8 Å². The number of nitrogens with one attached hydrogen (secondary N) is 3. The smallest absolute Gasteiger partial charge is 0.288 e. The van der Waals surface area contributed by atoms with Crippen LogP contribution in [0.1, 0.15) is 24.5 Å². The molecule has 0 saturated carbocycles. The summed E-state index contributed by atoms with van der Waals surface area (Å²) in [5.41, 5.74) is 4.57. The number of aromatic nitrogens is 3. The Bertz CT molecular complexity index is 425. The van der Waals surface area contributed by atoms with Gasteiger partial charge in [0.25, 0.3) is 5.91 Å².